The highest BCUT2D eigenvalue weighted by Gasteiger charge is 2.24. The summed E-state index contributed by atoms with van der Waals surface area (Å²) in [4.78, 5) is 11.8. The quantitative estimate of drug-likeness (QED) is 0.663. The lowest BCUT2D eigenvalue weighted by Gasteiger charge is -2.20. The van der Waals surface area contributed by atoms with Gasteiger partial charge in [0, 0.05) is 24.7 Å². The summed E-state index contributed by atoms with van der Waals surface area (Å²) in [7, 11) is 1.68. The third kappa shape index (κ3) is 3.85. The zero-order chi connectivity index (χ0) is 20.5. The number of ether oxygens (including phenoxy) is 1. The number of hydrogen-bond donors (Lipinski definition) is 2. The van der Waals surface area contributed by atoms with Crippen molar-refractivity contribution in [2.45, 2.75) is 45.2 Å². The number of benzene rings is 1. The Morgan fingerprint density at radius 1 is 1.24 bits per heavy atom. The van der Waals surface area contributed by atoms with Gasteiger partial charge in [0.1, 0.15) is 5.75 Å². The van der Waals surface area contributed by atoms with Gasteiger partial charge in [-0.2, -0.15) is 19.6 Å². The van der Waals surface area contributed by atoms with Crippen LogP contribution in [0.15, 0.2) is 30.5 Å². The normalized spacial score (nSPS) is 17.9. The summed E-state index contributed by atoms with van der Waals surface area (Å²) in [6.45, 7) is 8.04. The van der Waals surface area contributed by atoms with Crippen molar-refractivity contribution in [3.05, 3.63) is 41.6 Å². The lowest BCUT2D eigenvalue weighted by atomic mass is 10.1. The zero-order valence-electron chi connectivity index (χ0n) is 17.5. The molecule has 29 heavy (non-hydrogen) atoms. The number of nitrogens with two attached hydrogens (primary N) is 1. The second kappa shape index (κ2) is 7.87. The van der Waals surface area contributed by atoms with Crippen LogP contribution in [-0.2, 0) is 0 Å². The predicted molar refractivity (Wildman–Crippen MR) is 115 cm³/mol. The summed E-state index contributed by atoms with van der Waals surface area (Å²) < 4.78 is 7.16. The SMILES string of the molecule is COc1cccc(C(C)Nc2nc(N3CCC(N)C3)nc3c(C(C)C)cnn23)c1. The average Bonchev–Trinajstić information content (AvgIpc) is 3.34. The molecule has 1 saturated heterocycles. The zero-order valence-corrected chi connectivity index (χ0v) is 17.5. The third-order valence-corrected chi connectivity index (χ3v) is 5.45. The molecule has 8 nitrogen and oxygen atoms in total. The second-order valence-corrected chi connectivity index (χ2v) is 7.97. The molecule has 3 aromatic rings. The van der Waals surface area contributed by atoms with Crippen molar-refractivity contribution in [2.75, 3.05) is 30.4 Å². The molecular formula is C21H29N7O. The molecule has 0 amide bonds. The fourth-order valence-electron chi connectivity index (χ4n) is 3.68. The van der Waals surface area contributed by atoms with E-state index in [9.17, 15) is 0 Å². The number of nitrogens with one attached hydrogen (secondary N) is 1. The van der Waals surface area contributed by atoms with Gasteiger partial charge in [-0.25, -0.2) is 0 Å². The first-order chi connectivity index (χ1) is 14.0. The van der Waals surface area contributed by atoms with Crippen LogP contribution in [0.1, 0.15) is 50.3 Å². The Balaban J connectivity index is 1.73. The van der Waals surface area contributed by atoms with E-state index in [1.54, 1.807) is 11.6 Å². The fourth-order valence-corrected chi connectivity index (χ4v) is 3.68. The van der Waals surface area contributed by atoms with Gasteiger partial charge in [-0.05, 0) is 37.0 Å². The first-order valence-corrected chi connectivity index (χ1v) is 10.1. The molecule has 2 aromatic heterocycles. The van der Waals surface area contributed by atoms with Gasteiger partial charge in [0.15, 0.2) is 5.65 Å². The minimum atomic E-state index is 0.0172. The molecule has 1 aromatic carbocycles. The number of rotatable bonds is 6. The maximum atomic E-state index is 6.11. The largest absolute Gasteiger partial charge is 0.497 e. The van der Waals surface area contributed by atoms with Crippen molar-refractivity contribution in [2.24, 2.45) is 5.73 Å². The lowest BCUT2D eigenvalue weighted by molar-refractivity contribution is 0.414. The molecule has 8 heteroatoms. The van der Waals surface area contributed by atoms with Gasteiger partial charge >= 0.3 is 0 Å². The van der Waals surface area contributed by atoms with E-state index in [2.05, 4.69) is 42.2 Å². The van der Waals surface area contributed by atoms with E-state index in [1.165, 1.54) is 0 Å². The van der Waals surface area contributed by atoms with Crippen LogP contribution < -0.4 is 20.7 Å². The predicted octanol–water partition coefficient (Wildman–Crippen LogP) is 2.97. The molecule has 1 fully saturated rings. The molecular weight excluding hydrogens is 366 g/mol. The van der Waals surface area contributed by atoms with Crippen molar-refractivity contribution < 1.29 is 4.74 Å². The Hall–Kier alpha value is -2.87. The molecule has 154 valence electrons. The van der Waals surface area contributed by atoms with E-state index >= 15 is 0 Å². The second-order valence-electron chi connectivity index (χ2n) is 7.97. The van der Waals surface area contributed by atoms with E-state index in [1.807, 2.05) is 24.4 Å². The molecule has 0 spiro atoms. The van der Waals surface area contributed by atoms with Crippen molar-refractivity contribution >= 4 is 17.5 Å². The summed E-state index contributed by atoms with van der Waals surface area (Å²) in [5.74, 6) is 2.53. The topological polar surface area (TPSA) is 93.6 Å². The maximum Gasteiger partial charge on any atom is 0.230 e. The molecule has 4 rings (SSSR count). The summed E-state index contributed by atoms with van der Waals surface area (Å²) in [5, 5.41) is 8.08. The number of hydrogen-bond acceptors (Lipinski definition) is 7. The number of anilines is 2. The van der Waals surface area contributed by atoms with Gasteiger partial charge in [0.25, 0.3) is 0 Å². The van der Waals surface area contributed by atoms with Crippen LogP contribution in [0.25, 0.3) is 5.65 Å². The van der Waals surface area contributed by atoms with E-state index in [0.29, 0.717) is 17.8 Å². The average molecular weight is 396 g/mol. The van der Waals surface area contributed by atoms with Crippen molar-refractivity contribution in [3.8, 4) is 5.75 Å². The summed E-state index contributed by atoms with van der Waals surface area (Å²) in [6, 6.07) is 8.21. The van der Waals surface area contributed by atoms with E-state index in [0.717, 1.165) is 42.0 Å². The number of aromatic nitrogens is 4. The van der Waals surface area contributed by atoms with E-state index in [-0.39, 0.29) is 12.1 Å². The van der Waals surface area contributed by atoms with Crippen LogP contribution in [0.2, 0.25) is 0 Å². The fraction of sp³-hybridized carbons (Fsp3) is 0.476. The maximum absolute atomic E-state index is 6.11. The lowest BCUT2D eigenvalue weighted by Crippen LogP contribution is -2.28. The van der Waals surface area contributed by atoms with Crippen molar-refractivity contribution in [1.82, 2.24) is 19.6 Å². The van der Waals surface area contributed by atoms with Crippen LogP contribution in [-0.4, -0.2) is 45.8 Å². The first-order valence-electron chi connectivity index (χ1n) is 10.1. The number of fused-ring (bicyclic) bond motifs is 1. The molecule has 3 heterocycles. The van der Waals surface area contributed by atoms with Crippen LogP contribution in [0, 0.1) is 0 Å². The summed E-state index contributed by atoms with van der Waals surface area (Å²) in [5.41, 5.74) is 9.17. The molecule has 1 aliphatic heterocycles. The molecule has 2 unspecified atom stereocenters. The first kappa shape index (κ1) is 19.4. The van der Waals surface area contributed by atoms with E-state index in [4.69, 9.17) is 20.4 Å². The van der Waals surface area contributed by atoms with Crippen molar-refractivity contribution in [3.63, 3.8) is 0 Å². The minimum absolute atomic E-state index is 0.0172. The summed E-state index contributed by atoms with van der Waals surface area (Å²) in [6.07, 6.45) is 2.84. The minimum Gasteiger partial charge on any atom is -0.497 e. The van der Waals surface area contributed by atoms with Gasteiger partial charge in [0.2, 0.25) is 11.9 Å². The number of nitrogens with zero attached hydrogens (tertiary/aromatic N) is 5. The molecule has 0 radical (unpaired) electrons. The summed E-state index contributed by atoms with van der Waals surface area (Å²) >= 11 is 0. The smallest absolute Gasteiger partial charge is 0.230 e. The molecule has 0 aliphatic carbocycles. The van der Waals surface area contributed by atoms with Crippen molar-refractivity contribution in [1.29, 1.82) is 0 Å². The highest BCUT2D eigenvalue weighted by Crippen LogP contribution is 2.27. The molecule has 1 aliphatic rings. The van der Waals surface area contributed by atoms with Crippen LogP contribution in [0.4, 0.5) is 11.9 Å². The van der Waals surface area contributed by atoms with Gasteiger partial charge in [-0.3, -0.25) is 0 Å². The third-order valence-electron chi connectivity index (χ3n) is 5.45. The Morgan fingerprint density at radius 3 is 2.76 bits per heavy atom. The Morgan fingerprint density at radius 2 is 2.07 bits per heavy atom. The van der Waals surface area contributed by atoms with Crippen LogP contribution in [0.5, 0.6) is 5.75 Å². The Kier molecular flexibility index (Phi) is 5.27. The molecule has 2 atom stereocenters. The van der Waals surface area contributed by atoms with Gasteiger partial charge in [0.05, 0.1) is 19.3 Å². The van der Waals surface area contributed by atoms with E-state index < -0.39 is 0 Å². The highest BCUT2D eigenvalue weighted by molar-refractivity contribution is 5.57. The number of methoxy groups -OCH3 is 1. The molecule has 0 bridgehead atoms. The standard InChI is InChI=1S/C21H29N7O/c1-13(2)18-11-23-28-19(18)25-20(27-9-8-16(22)12-27)26-21(28)24-14(3)15-6-5-7-17(10-15)29-4/h5-7,10-11,13-14,16H,8-9,12,22H2,1-4H3,(H,24,25,26). The Bertz CT molecular complexity index is 1000. The Labute approximate surface area is 171 Å². The molecule has 0 saturated carbocycles. The monoisotopic (exact) mass is 395 g/mol. The van der Waals surface area contributed by atoms with Crippen LogP contribution >= 0.6 is 0 Å². The highest BCUT2D eigenvalue weighted by atomic mass is 16.5. The molecule has 3 N–H and O–H groups in total. The van der Waals surface area contributed by atoms with Gasteiger partial charge < -0.3 is 20.7 Å². The van der Waals surface area contributed by atoms with Crippen LogP contribution in [0.3, 0.4) is 0 Å². The van der Waals surface area contributed by atoms with Gasteiger partial charge in [-0.15, -0.1) is 0 Å². The van der Waals surface area contributed by atoms with Gasteiger partial charge in [-0.1, -0.05) is 26.0 Å².